The average Bonchev–Trinajstić information content (AvgIpc) is 2.97. The summed E-state index contributed by atoms with van der Waals surface area (Å²) in [6, 6.07) is 11.7. The third kappa shape index (κ3) is 3.59. The van der Waals surface area contributed by atoms with Gasteiger partial charge in [0.1, 0.15) is 0 Å². The Bertz CT molecular complexity index is 452. The molecule has 1 heterocycles. The summed E-state index contributed by atoms with van der Waals surface area (Å²) in [5, 5.41) is 12.5. The maximum atomic E-state index is 8.89. The molecule has 2 rings (SSSR count). The van der Waals surface area contributed by atoms with Crippen molar-refractivity contribution < 1.29 is 0 Å². The monoisotopic (exact) mass is 271 g/mol. The first-order valence-electron chi connectivity index (χ1n) is 7.61. The van der Waals surface area contributed by atoms with Gasteiger partial charge in [-0.1, -0.05) is 12.1 Å². The van der Waals surface area contributed by atoms with Crippen LogP contribution in [-0.2, 0) is 0 Å². The van der Waals surface area contributed by atoms with Gasteiger partial charge in [-0.25, -0.2) is 0 Å². The summed E-state index contributed by atoms with van der Waals surface area (Å²) in [6.07, 6.45) is 2.57. The third-order valence-corrected chi connectivity index (χ3v) is 4.28. The van der Waals surface area contributed by atoms with Crippen LogP contribution in [0, 0.1) is 11.3 Å². The fourth-order valence-electron chi connectivity index (χ4n) is 3.01. The van der Waals surface area contributed by atoms with Crippen molar-refractivity contribution in [2.24, 2.45) is 0 Å². The van der Waals surface area contributed by atoms with Gasteiger partial charge >= 0.3 is 0 Å². The lowest BCUT2D eigenvalue weighted by Gasteiger charge is -2.35. The summed E-state index contributed by atoms with van der Waals surface area (Å²) in [5.74, 6) is 0. The minimum atomic E-state index is 0.380. The van der Waals surface area contributed by atoms with Crippen molar-refractivity contribution >= 4 is 0 Å². The third-order valence-electron chi connectivity index (χ3n) is 4.28. The summed E-state index contributed by atoms with van der Waals surface area (Å²) in [6.45, 7) is 9.03. The Morgan fingerprint density at radius 3 is 2.50 bits per heavy atom. The van der Waals surface area contributed by atoms with E-state index in [1.807, 2.05) is 12.1 Å². The van der Waals surface area contributed by atoms with Gasteiger partial charge in [0.15, 0.2) is 0 Å². The van der Waals surface area contributed by atoms with E-state index in [0.717, 1.165) is 18.7 Å². The van der Waals surface area contributed by atoms with Crippen molar-refractivity contribution in [1.82, 2.24) is 10.2 Å². The van der Waals surface area contributed by atoms with Crippen molar-refractivity contribution in [3.05, 3.63) is 35.4 Å². The van der Waals surface area contributed by atoms with Gasteiger partial charge in [-0.15, -0.1) is 0 Å². The Hall–Kier alpha value is -1.37. The molecule has 1 aromatic carbocycles. The molecule has 1 aromatic rings. The van der Waals surface area contributed by atoms with E-state index in [1.165, 1.54) is 18.4 Å². The zero-order valence-corrected chi connectivity index (χ0v) is 12.8. The first kappa shape index (κ1) is 15.0. The van der Waals surface area contributed by atoms with Crippen LogP contribution in [0.1, 0.15) is 50.8 Å². The summed E-state index contributed by atoms with van der Waals surface area (Å²) in [5.41, 5.74) is 2.02. The zero-order valence-electron chi connectivity index (χ0n) is 12.8. The molecule has 1 N–H and O–H groups in total. The Labute approximate surface area is 122 Å². The average molecular weight is 271 g/mol. The summed E-state index contributed by atoms with van der Waals surface area (Å²) < 4.78 is 0. The molecule has 2 unspecified atom stereocenters. The number of benzene rings is 1. The van der Waals surface area contributed by atoms with Crippen molar-refractivity contribution in [3.8, 4) is 6.07 Å². The normalized spacial score (nSPS) is 20.3. The quantitative estimate of drug-likeness (QED) is 0.894. The maximum absolute atomic E-state index is 8.89. The smallest absolute Gasteiger partial charge is 0.0991 e. The molecule has 20 heavy (non-hydrogen) atoms. The van der Waals surface area contributed by atoms with E-state index >= 15 is 0 Å². The molecule has 0 aliphatic carbocycles. The van der Waals surface area contributed by atoms with Crippen LogP contribution in [0.4, 0.5) is 0 Å². The molecule has 3 heteroatoms. The molecule has 0 saturated carbocycles. The topological polar surface area (TPSA) is 39.1 Å². The first-order chi connectivity index (χ1) is 9.61. The fourth-order valence-corrected chi connectivity index (χ4v) is 3.01. The summed E-state index contributed by atoms with van der Waals surface area (Å²) in [4.78, 5) is 2.55. The molecule has 1 aliphatic rings. The minimum Gasteiger partial charge on any atom is -0.313 e. The van der Waals surface area contributed by atoms with Crippen LogP contribution in [0.15, 0.2) is 24.3 Å². The van der Waals surface area contributed by atoms with Gasteiger partial charge in [-0.05, 0) is 57.9 Å². The van der Waals surface area contributed by atoms with Crippen molar-refractivity contribution in [2.45, 2.75) is 51.7 Å². The molecular weight excluding hydrogens is 246 g/mol. The molecule has 0 aromatic heterocycles. The molecule has 3 nitrogen and oxygen atoms in total. The largest absolute Gasteiger partial charge is 0.313 e. The summed E-state index contributed by atoms with van der Waals surface area (Å²) >= 11 is 0. The van der Waals surface area contributed by atoms with Crippen molar-refractivity contribution in [2.75, 3.05) is 13.1 Å². The second-order valence-corrected chi connectivity index (χ2v) is 5.99. The van der Waals surface area contributed by atoms with Gasteiger partial charge in [0.05, 0.1) is 11.6 Å². The van der Waals surface area contributed by atoms with Crippen LogP contribution < -0.4 is 5.32 Å². The van der Waals surface area contributed by atoms with Crippen LogP contribution in [-0.4, -0.2) is 30.1 Å². The highest BCUT2D eigenvalue weighted by Crippen LogP contribution is 2.24. The zero-order chi connectivity index (χ0) is 14.5. The van der Waals surface area contributed by atoms with Gasteiger partial charge in [0.25, 0.3) is 0 Å². The highest BCUT2D eigenvalue weighted by Gasteiger charge is 2.24. The number of nitrogens with zero attached hydrogens (tertiary/aromatic N) is 2. The number of nitrogens with one attached hydrogen (secondary N) is 1. The van der Waals surface area contributed by atoms with Gasteiger partial charge in [-0.2, -0.15) is 5.26 Å². The van der Waals surface area contributed by atoms with E-state index in [9.17, 15) is 0 Å². The predicted octanol–water partition coefficient (Wildman–Crippen LogP) is 3.08. The van der Waals surface area contributed by atoms with Gasteiger partial charge in [0.2, 0.25) is 0 Å². The second kappa shape index (κ2) is 6.88. The van der Waals surface area contributed by atoms with E-state index in [1.54, 1.807) is 0 Å². The lowest BCUT2D eigenvalue weighted by Crippen LogP contribution is -2.42. The van der Waals surface area contributed by atoms with Crippen molar-refractivity contribution in [1.29, 1.82) is 5.26 Å². The van der Waals surface area contributed by atoms with Gasteiger partial charge < -0.3 is 5.32 Å². The van der Waals surface area contributed by atoms with Crippen LogP contribution in [0.3, 0.4) is 0 Å². The van der Waals surface area contributed by atoms with Gasteiger partial charge in [-0.3, -0.25) is 4.90 Å². The molecule has 1 fully saturated rings. The summed E-state index contributed by atoms with van der Waals surface area (Å²) in [7, 11) is 0. The first-order valence-corrected chi connectivity index (χ1v) is 7.61. The van der Waals surface area contributed by atoms with E-state index in [0.29, 0.717) is 18.1 Å². The van der Waals surface area contributed by atoms with Gasteiger partial charge in [0, 0.05) is 24.7 Å². The highest BCUT2D eigenvalue weighted by atomic mass is 15.2. The highest BCUT2D eigenvalue weighted by molar-refractivity contribution is 5.32. The second-order valence-electron chi connectivity index (χ2n) is 5.99. The van der Waals surface area contributed by atoms with E-state index in [4.69, 9.17) is 5.26 Å². The molecule has 0 spiro atoms. The molecule has 1 aliphatic heterocycles. The number of nitriles is 1. The molecule has 2 atom stereocenters. The molecular formula is C17H25N3. The Morgan fingerprint density at radius 1 is 1.30 bits per heavy atom. The van der Waals surface area contributed by atoms with Crippen molar-refractivity contribution in [3.63, 3.8) is 0 Å². The van der Waals surface area contributed by atoms with E-state index < -0.39 is 0 Å². The van der Waals surface area contributed by atoms with Crippen LogP contribution in [0.2, 0.25) is 0 Å². The van der Waals surface area contributed by atoms with Crippen LogP contribution in [0.5, 0.6) is 0 Å². The number of hydrogen-bond donors (Lipinski definition) is 1. The van der Waals surface area contributed by atoms with E-state index in [-0.39, 0.29) is 0 Å². The number of hydrogen-bond acceptors (Lipinski definition) is 3. The Kier molecular flexibility index (Phi) is 5.17. The predicted molar refractivity (Wildman–Crippen MR) is 82.4 cm³/mol. The number of rotatable bonds is 5. The lowest BCUT2D eigenvalue weighted by atomic mass is 10.0. The molecule has 108 valence electrons. The SMILES string of the molecule is CC(C)N(CC1CCCN1)C(C)c1ccc(C#N)cc1. The van der Waals surface area contributed by atoms with Crippen LogP contribution >= 0.6 is 0 Å². The molecule has 0 amide bonds. The lowest BCUT2D eigenvalue weighted by molar-refractivity contribution is 0.150. The molecule has 0 radical (unpaired) electrons. The Balaban J connectivity index is 2.08. The minimum absolute atomic E-state index is 0.380. The molecule has 0 bridgehead atoms. The Morgan fingerprint density at radius 2 is 2.00 bits per heavy atom. The van der Waals surface area contributed by atoms with Crippen LogP contribution in [0.25, 0.3) is 0 Å². The molecule has 1 saturated heterocycles. The maximum Gasteiger partial charge on any atom is 0.0991 e. The standard InChI is InChI=1S/C17H25N3/c1-13(2)20(12-17-5-4-10-19-17)14(3)16-8-6-15(11-18)7-9-16/h6-9,13-14,17,19H,4-5,10,12H2,1-3H3. The van der Waals surface area contributed by atoms with E-state index in [2.05, 4.69) is 49.2 Å². The fraction of sp³-hybridized carbons (Fsp3) is 0.588.